The van der Waals surface area contributed by atoms with Crippen LogP contribution in [0.15, 0.2) is 24.5 Å². The predicted molar refractivity (Wildman–Crippen MR) is 80.7 cm³/mol. The molecule has 0 aliphatic heterocycles. The molecule has 108 valence electrons. The van der Waals surface area contributed by atoms with Gasteiger partial charge in [0.15, 0.2) is 0 Å². The van der Waals surface area contributed by atoms with Gasteiger partial charge >= 0.3 is 0 Å². The molecule has 0 radical (unpaired) electrons. The maximum absolute atomic E-state index is 11.4. The Bertz CT molecular complexity index is 692. The molecule has 0 saturated heterocycles. The summed E-state index contributed by atoms with van der Waals surface area (Å²) in [5.41, 5.74) is 2.69. The van der Waals surface area contributed by atoms with Gasteiger partial charge in [-0.1, -0.05) is 19.3 Å². The molecule has 0 spiro atoms. The van der Waals surface area contributed by atoms with Crippen LogP contribution in [-0.4, -0.2) is 15.5 Å². The molecule has 1 aromatic heterocycles. The van der Waals surface area contributed by atoms with Crippen LogP contribution in [0.1, 0.15) is 44.6 Å². The first-order valence-electron chi connectivity index (χ1n) is 7.41. The molecule has 1 aliphatic carbocycles. The first-order valence-corrected chi connectivity index (χ1v) is 7.41. The van der Waals surface area contributed by atoms with Crippen LogP contribution in [0, 0.1) is 11.3 Å². The number of nitrogens with one attached hydrogen (secondary N) is 1. The summed E-state index contributed by atoms with van der Waals surface area (Å²) in [5, 5.41) is 11.2. The van der Waals surface area contributed by atoms with E-state index in [1.54, 1.807) is 0 Å². The molecule has 1 amide bonds. The fraction of sp³-hybridized carbons (Fsp3) is 0.438. The third-order valence-corrected chi connectivity index (χ3v) is 4.07. The Morgan fingerprint density at radius 3 is 2.95 bits per heavy atom. The van der Waals surface area contributed by atoms with Crippen molar-refractivity contribution in [2.75, 3.05) is 5.32 Å². The average molecular weight is 282 g/mol. The molecule has 1 saturated carbocycles. The van der Waals surface area contributed by atoms with E-state index in [2.05, 4.69) is 14.9 Å². The normalized spacial score (nSPS) is 15.8. The van der Waals surface area contributed by atoms with Crippen LogP contribution < -0.4 is 5.32 Å². The third kappa shape index (κ3) is 2.89. The van der Waals surface area contributed by atoms with Gasteiger partial charge in [0.25, 0.3) is 0 Å². The van der Waals surface area contributed by atoms with E-state index < -0.39 is 0 Å². The van der Waals surface area contributed by atoms with Crippen molar-refractivity contribution in [2.24, 2.45) is 0 Å². The highest BCUT2D eigenvalue weighted by Crippen LogP contribution is 2.31. The summed E-state index contributed by atoms with van der Waals surface area (Å²) < 4.78 is 2.26. The topological polar surface area (TPSA) is 70.7 Å². The van der Waals surface area contributed by atoms with Crippen LogP contribution in [0.5, 0.6) is 0 Å². The second kappa shape index (κ2) is 5.96. The number of hydrogen-bond donors (Lipinski definition) is 1. The largest absolute Gasteiger partial charge is 0.327 e. The molecule has 3 rings (SSSR count). The van der Waals surface area contributed by atoms with E-state index in [1.807, 2.05) is 30.6 Å². The smallest absolute Gasteiger partial charge is 0.238 e. The lowest BCUT2D eigenvalue weighted by Gasteiger charge is -2.23. The van der Waals surface area contributed by atoms with Gasteiger partial charge in [-0.05, 0) is 31.0 Å². The SMILES string of the molecule is N#CCC(=O)Nc1ccc2c(c1)ncn2C1CCCCC1. The number of fused-ring (bicyclic) bond motifs is 1. The van der Waals surface area contributed by atoms with E-state index in [9.17, 15) is 4.79 Å². The molecule has 0 atom stereocenters. The number of anilines is 1. The Morgan fingerprint density at radius 1 is 1.38 bits per heavy atom. The summed E-state index contributed by atoms with van der Waals surface area (Å²) in [5.74, 6) is -0.288. The van der Waals surface area contributed by atoms with Crippen molar-refractivity contribution in [1.82, 2.24) is 9.55 Å². The molecule has 1 N–H and O–H groups in total. The molecule has 0 bridgehead atoms. The number of carbonyl (C=O) groups is 1. The third-order valence-electron chi connectivity index (χ3n) is 4.07. The van der Waals surface area contributed by atoms with E-state index in [0.29, 0.717) is 11.7 Å². The Hall–Kier alpha value is -2.35. The van der Waals surface area contributed by atoms with Crippen LogP contribution >= 0.6 is 0 Å². The minimum Gasteiger partial charge on any atom is -0.327 e. The van der Waals surface area contributed by atoms with Gasteiger partial charge in [-0.15, -0.1) is 0 Å². The van der Waals surface area contributed by atoms with Crippen molar-refractivity contribution in [1.29, 1.82) is 5.26 Å². The summed E-state index contributed by atoms with van der Waals surface area (Å²) in [6.07, 6.45) is 8.10. The van der Waals surface area contributed by atoms with Crippen LogP contribution in [0.3, 0.4) is 0 Å². The van der Waals surface area contributed by atoms with Crippen molar-refractivity contribution in [3.8, 4) is 6.07 Å². The van der Waals surface area contributed by atoms with Gasteiger partial charge in [-0.2, -0.15) is 5.26 Å². The van der Waals surface area contributed by atoms with Crippen molar-refractivity contribution in [3.63, 3.8) is 0 Å². The molecule has 5 nitrogen and oxygen atoms in total. The van der Waals surface area contributed by atoms with E-state index in [1.165, 1.54) is 32.1 Å². The molecular weight excluding hydrogens is 264 g/mol. The summed E-state index contributed by atoms with van der Waals surface area (Å²) in [6, 6.07) is 8.12. The second-order valence-electron chi connectivity index (χ2n) is 5.53. The Morgan fingerprint density at radius 2 is 2.19 bits per heavy atom. The van der Waals surface area contributed by atoms with Gasteiger partial charge in [0.1, 0.15) is 6.42 Å². The summed E-state index contributed by atoms with van der Waals surface area (Å²) in [7, 11) is 0. The van der Waals surface area contributed by atoms with Crippen molar-refractivity contribution in [2.45, 2.75) is 44.6 Å². The molecule has 0 unspecified atom stereocenters. The fourth-order valence-corrected chi connectivity index (χ4v) is 3.04. The van der Waals surface area contributed by atoms with Crippen molar-refractivity contribution < 1.29 is 4.79 Å². The molecule has 1 aliphatic rings. The number of imidazole rings is 1. The van der Waals surface area contributed by atoms with E-state index in [0.717, 1.165) is 11.0 Å². The first-order chi connectivity index (χ1) is 10.3. The quantitative estimate of drug-likeness (QED) is 0.938. The van der Waals surface area contributed by atoms with Crippen LogP contribution in [-0.2, 0) is 4.79 Å². The minimum atomic E-state index is -0.288. The lowest BCUT2D eigenvalue weighted by Crippen LogP contribution is -2.12. The Kier molecular flexibility index (Phi) is 3.87. The molecule has 2 aromatic rings. The second-order valence-corrected chi connectivity index (χ2v) is 5.53. The zero-order valence-electron chi connectivity index (χ0n) is 11.9. The molecule has 21 heavy (non-hydrogen) atoms. The molecule has 1 heterocycles. The van der Waals surface area contributed by atoms with E-state index >= 15 is 0 Å². The lowest BCUT2D eigenvalue weighted by atomic mass is 9.95. The number of benzene rings is 1. The van der Waals surface area contributed by atoms with Gasteiger partial charge in [0.05, 0.1) is 23.4 Å². The number of carbonyl (C=O) groups excluding carboxylic acids is 1. The zero-order chi connectivity index (χ0) is 14.7. The summed E-state index contributed by atoms with van der Waals surface area (Å²) in [6.45, 7) is 0. The van der Waals surface area contributed by atoms with E-state index in [4.69, 9.17) is 5.26 Å². The molecule has 1 fully saturated rings. The number of nitriles is 1. The molecule has 1 aromatic carbocycles. The van der Waals surface area contributed by atoms with Crippen molar-refractivity contribution in [3.05, 3.63) is 24.5 Å². The number of nitrogens with zero attached hydrogens (tertiary/aromatic N) is 3. The Labute approximate surface area is 123 Å². The maximum atomic E-state index is 11.4. The van der Waals surface area contributed by atoms with Crippen LogP contribution in [0.25, 0.3) is 11.0 Å². The molecular formula is C16H18N4O. The highest BCUT2D eigenvalue weighted by molar-refractivity contribution is 5.94. The van der Waals surface area contributed by atoms with Gasteiger partial charge in [-0.3, -0.25) is 4.79 Å². The van der Waals surface area contributed by atoms with Gasteiger partial charge in [-0.25, -0.2) is 4.98 Å². The Balaban J connectivity index is 1.83. The number of amides is 1. The lowest BCUT2D eigenvalue weighted by molar-refractivity contribution is -0.115. The van der Waals surface area contributed by atoms with Crippen LogP contribution in [0.4, 0.5) is 5.69 Å². The fourth-order valence-electron chi connectivity index (χ4n) is 3.04. The van der Waals surface area contributed by atoms with Crippen LogP contribution in [0.2, 0.25) is 0 Å². The summed E-state index contributed by atoms with van der Waals surface area (Å²) >= 11 is 0. The predicted octanol–water partition coefficient (Wildman–Crippen LogP) is 3.39. The van der Waals surface area contributed by atoms with Gasteiger partial charge < -0.3 is 9.88 Å². The maximum Gasteiger partial charge on any atom is 0.238 e. The van der Waals surface area contributed by atoms with Gasteiger partial charge in [0.2, 0.25) is 5.91 Å². The monoisotopic (exact) mass is 282 g/mol. The van der Waals surface area contributed by atoms with Crippen molar-refractivity contribution >= 4 is 22.6 Å². The highest BCUT2D eigenvalue weighted by atomic mass is 16.1. The number of hydrogen-bond acceptors (Lipinski definition) is 3. The highest BCUT2D eigenvalue weighted by Gasteiger charge is 2.17. The summed E-state index contributed by atoms with van der Waals surface area (Å²) in [4.78, 5) is 15.9. The minimum absolute atomic E-state index is 0.130. The van der Waals surface area contributed by atoms with Gasteiger partial charge in [0, 0.05) is 11.7 Å². The number of rotatable bonds is 3. The molecule has 5 heteroatoms. The first kappa shape index (κ1) is 13.6. The number of aromatic nitrogens is 2. The standard InChI is InChI=1S/C16H18N4O/c17-9-8-16(21)19-12-6-7-15-14(10-12)18-11-20(15)13-4-2-1-3-5-13/h6-7,10-11,13H,1-5,8H2,(H,19,21). The zero-order valence-corrected chi connectivity index (χ0v) is 11.9. The average Bonchev–Trinajstić information content (AvgIpc) is 2.91. The van der Waals surface area contributed by atoms with E-state index in [-0.39, 0.29) is 12.3 Å².